The lowest BCUT2D eigenvalue weighted by molar-refractivity contribution is 0.0483. The van der Waals surface area contributed by atoms with Crippen molar-refractivity contribution in [2.45, 2.75) is 31.8 Å². The summed E-state index contributed by atoms with van der Waals surface area (Å²) in [6.07, 6.45) is 1.90. The van der Waals surface area contributed by atoms with Crippen molar-refractivity contribution in [2.24, 2.45) is 0 Å². The first-order chi connectivity index (χ1) is 10.0. The molecule has 1 aliphatic heterocycles. The van der Waals surface area contributed by atoms with E-state index in [1.54, 1.807) is 11.3 Å². The molecule has 0 saturated carbocycles. The molecule has 1 aromatic heterocycles. The maximum absolute atomic E-state index is 4.54. The Hall–Kier alpha value is -1.23. The molecule has 1 saturated heterocycles. The molecule has 1 unspecified atom stereocenters. The highest BCUT2D eigenvalue weighted by Gasteiger charge is 2.39. The molecule has 0 bridgehead atoms. The third kappa shape index (κ3) is 2.76. The van der Waals surface area contributed by atoms with Crippen LogP contribution in [0.1, 0.15) is 31.3 Å². The first kappa shape index (κ1) is 14.7. The number of hydrogen-bond donors (Lipinski definition) is 1. The molecule has 0 spiro atoms. The number of hydrogen-bond acceptors (Lipinski definition) is 4. The molecule has 4 heteroatoms. The van der Waals surface area contributed by atoms with Crippen LogP contribution in [0.3, 0.4) is 0 Å². The Labute approximate surface area is 131 Å². The van der Waals surface area contributed by atoms with Crippen molar-refractivity contribution in [3.63, 3.8) is 0 Å². The van der Waals surface area contributed by atoms with Crippen molar-refractivity contribution in [3.05, 3.63) is 52.5 Å². The Bertz CT molecular complexity index is 579. The number of aromatic nitrogens is 1. The van der Waals surface area contributed by atoms with Crippen LogP contribution in [0.25, 0.3) is 0 Å². The predicted molar refractivity (Wildman–Crippen MR) is 88.5 cm³/mol. The molecule has 1 aliphatic rings. The van der Waals surface area contributed by atoms with Crippen LogP contribution >= 0.6 is 11.3 Å². The Morgan fingerprint density at radius 3 is 2.71 bits per heavy atom. The van der Waals surface area contributed by atoms with Gasteiger partial charge in [-0.15, -0.1) is 11.3 Å². The van der Waals surface area contributed by atoms with Crippen molar-refractivity contribution in [1.29, 1.82) is 0 Å². The molecule has 2 aromatic rings. The zero-order valence-corrected chi connectivity index (χ0v) is 13.8. The van der Waals surface area contributed by atoms with Crippen LogP contribution in [0.2, 0.25) is 0 Å². The van der Waals surface area contributed by atoms with Crippen molar-refractivity contribution in [2.75, 3.05) is 19.6 Å². The molecule has 1 N–H and O–H groups in total. The van der Waals surface area contributed by atoms with Gasteiger partial charge in [0.2, 0.25) is 0 Å². The zero-order chi connectivity index (χ0) is 14.9. The smallest absolute Gasteiger partial charge is 0.112 e. The summed E-state index contributed by atoms with van der Waals surface area (Å²) in [6, 6.07) is 10.7. The maximum atomic E-state index is 4.54. The largest absolute Gasteiger partial charge is 0.305 e. The Morgan fingerprint density at radius 2 is 2.05 bits per heavy atom. The number of rotatable bonds is 3. The van der Waals surface area contributed by atoms with E-state index < -0.39 is 0 Å². The Balaban J connectivity index is 1.86. The monoisotopic (exact) mass is 301 g/mol. The van der Waals surface area contributed by atoms with Gasteiger partial charge in [0, 0.05) is 31.2 Å². The summed E-state index contributed by atoms with van der Waals surface area (Å²) in [5.74, 6) is 0. The van der Waals surface area contributed by atoms with Gasteiger partial charge in [-0.2, -0.15) is 0 Å². The van der Waals surface area contributed by atoms with Crippen molar-refractivity contribution in [1.82, 2.24) is 15.2 Å². The minimum atomic E-state index is -0.0215. The van der Waals surface area contributed by atoms with E-state index in [0.717, 1.165) is 19.6 Å². The quantitative estimate of drug-likeness (QED) is 0.943. The number of benzene rings is 1. The number of thiazole rings is 1. The fourth-order valence-corrected chi connectivity index (χ4v) is 3.91. The second-order valence-corrected chi connectivity index (χ2v) is 7.34. The van der Waals surface area contributed by atoms with Gasteiger partial charge >= 0.3 is 0 Å². The molecule has 112 valence electrons. The van der Waals surface area contributed by atoms with Crippen molar-refractivity contribution in [3.8, 4) is 0 Å². The highest BCUT2D eigenvalue weighted by Crippen LogP contribution is 2.34. The fraction of sp³-hybridized carbons (Fsp3) is 0.471. The lowest BCUT2D eigenvalue weighted by atomic mass is 9.87. The SMILES string of the molecule is CC1(c2ccccc2)CN(C(C)(C)c2nccs2)CCN1. The van der Waals surface area contributed by atoms with Gasteiger partial charge < -0.3 is 5.32 Å². The summed E-state index contributed by atoms with van der Waals surface area (Å²) in [7, 11) is 0. The van der Waals surface area contributed by atoms with Crippen LogP contribution in [-0.2, 0) is 11.1 Å². The van der Waals surface area contributed by atoms with Gasteiger partial charge in [0.05, 0.1) is 11.1 Å². The molecule has 0 amide bonds. The van der Waals surface area contributed by atoms with Crippen LogP contribution in [0.4, 0.5) is 0 Å². The molecule has 1 atom stereocenters. The summed E-state index contributed by atoms with van der Waals surface area (Å²) in [4.78, 5) is 7.09. The van der Waals surface area contributed by atoms with Crippen LogP contribution in [0.5, 0.6) is 0 Å². The highest BCUT2D eigenvalue weighted by molar-refractivity contribution is 7.09. The molecule has 1 aromatic carbocycles. The number of piperazine rings is 1. The summed E-state index contributed by atoms with van der Waals surface area (Å²) in [6.45, 7) is 9.90. The third-order valence-electron chi connectivity index (χ3n) is 4.56. The van der Waals surface area contributed by atoms with Gasteiger partial charge in [-0.05, 0) is 26.3 Å². The minimum absolute atomic E-state index is 0.00591. The molecule has 0 radical (unpaired) electrons. The first-order valence-electron chi connectivity index (χ1n) is 7.48. The van der Waals surface area contributed by atoms with E-state index in [2.05, 4.69) is 71.7 Å². The lowest BCUT2D eigenvalue weighted by Crippen LogP contribution is -2.60. The average molecular weight is 301 g/mol. The van der Waals surface area contributed by atoms with E-state index in [1.807, 2.05) is 6.20 Å². The molecule has 1 fully saturated rings. The zero-order valence-electron chi connectivity index (χ0n) is 13.0. The lowest BCUT2D eigenvalue weighted by Gasteiger charge is -2.48. The van der Waals surface area contributed by atoms with E-state index in [9.17, 15) is 0 Å². The standard InChI is InChI=1S/C17H23N3S/c1-16(2,15-18-10-12-21-15)20-11-9-19-17(3,13-20)14-7-5-4-6-8-14/h4-8,10,12,19H,9,11,13H2,1-3H3. The first-order valence-corrected chi connectivity index (χ1v) is 8.36. The van der Waals surface area contributed by atoms with E-state index in [-0.39, 0.29) is 11.1 Å². The summed E-state index contributed by atoms with van der Waals surface area (Å²) >= 11 is 1.75. The summed E-state index contributed by atoms with van der Waals surface area (Å²) in [5, 5.41) is 6.96. The normalized spacial score (nSPS) is 24.1. The number of nitrogens with zero attached hydrogens (tertiary/aromatic N) is 2. The number of nitrogens with one attached hydrogen (secondary N) is 1. The van der Waals surface area contributed by atoms with Crippen molar-refractivity contribution < 1.29 is 0 Å². The molecular weight excluding hydrogens is 278 g/mol. The predicted octanol–water partition coefficient (Wildman–Crippen LogP) is 3.20. The van der Waals surface area contributed by atoms with E-state index >= 15 is 0 Å². The minimum Gasteiger partial charge on any atom is -0.305 e. The van der Waals surface area contributed by atoms with Crippen LogP contribution < -0.4 is 5.32 Å². The van der Waals surface area contributed by atoms with E-state index in [4.69, 9.17) is 0 Å². The average Bonchev–Trinajstić information content (AvgIpc) is 3.03. The molecule has 3 nitrogen and oxygen atoms in total. The fourth-order valence-electron chi connectivity index (χ4n) is 3.12. The van der Waals surface area contributed by atoms with Gasteiger partial charge in [0.1, 0.15) is 5.01 Å². The summed E-state index contributed by atoms with van der Waals surface area (Å²) < 4.78 is 0. The van der Waals surface area contributed by atoms with Crippen LogP contribution in [-0.4, -0.2) is 29.5 Å². The van der Waals surface area contributed by atoms with Gasteiger partial charge in [0.15, 0.2) is 0 Å². The van der Waals surface area contributed by atoms with E-state index in [1.165, 1.54) is 10.6 Å². The molecule has 3 rings (SSSR count). The Kier molecular flexibility index (Phi) is 3.86. The second kappa shape index (κ2) is 5.52. The second-order valence-electron chi connectivity index (χ2n) is 6.44. The maximum Gasteiger partial charge on any atom is 0.112 e. The Morgan fingerprint density at radius 1 is 1.29 bits per heavy atom. The van der Waals surface area contributed by atoms with E-state index in [0.29, 0.717) is 0 Å². The molecule has 0 aliphatic carbocycles. The van der Waals surface area contributed by atoms with Crippen LogP contribution in [0, 0.1) is 0 Å². The van der Waals surface area contributed by atoms with Gasteiger partial charge in [-0.3, -0.25) is 4.90 Å². The third-order valence-corrected chi connectivity index (χ3v) is 5.65. The van der Waals surface area contributed by atoms with Gasteiger partial charge in [-0.1, -0.05) is 30.3 Å². The van der Waals surface area contributed by atoms with Gasteiger partial charge in [-0.25, -0.2) is 4.98 Å². The topological polar surface area (TPSA) is 28.2 Å². The summed E-state index contributed by atoms with van der Waals surface area (Å²) in [5.41, 5.74) is 1.32. The van der Waals surface area contributed by atoms with Crippen LogP contribution in [0.15, 0.2) is 41.9 Å². The molecule has 21 heavy (non-hydrogen) atoms. The van der Waals surface area contributed by atoms with Gasteiger partial charge in [0.25, 0.3) is 0 Å². The highest BCUT2D eigenvalue weighted by atomic mass is 32.1. The molecule has 2 heterocycles. The van der Waals surface area contributed by atoms with Crippen molar-refractivity contribution >= 4 is 11.3 Å². The molecular formula is C17H23N3S.